The Morgan fingerprint density at radius 2 is 1.33 bits per heavy atom. The van der Waals surface area contributed by atoms with Crippen LogP contribution in [0.1, 0.15) is 11.1 Å². The van der Waals surface area contributed by atoms with E-state index in [1.54, 1.807) is 0 Å². The molecule has 1 aromatic heterocycles. The molecule has 1 heteroatoms. The van der Waals surface area contributed by atoms with Crippen LogP contribution in [-0.4, -0.2) is 0 Å². The molecule has 0 saturated carbocycles. The molecule has 3 aromatic carbocycles. The number of fused-ring (bicyclic) bond motifs is 3. The molecule has 0 aliphatic carbocycles. The van der Waals surface area contributed by atoms with Gasteiger partial charge in [0, 0.05) is 10.8 Å². The van der Waals surface area contributed by atoms with E-state index in [0.29, 0.717) is 0 Å². The summed E-state index contributed by atoms with van der Waals surface area (Å²) in [5, 5.41) is 2.36. The van der Waals surface area contributed by atoms with Gasteiger partial charge in [-0.25, -0.2) is 0 Å². The van der Waals surface area contributed by atoms with Crippen LogP contribution >= 0.6 is 0 Å². The van der Waals surface area contributed by atoms with Gasteiger partial charge < -0.3 is 4.42 Å². The number of hydrogen-bond acceptors (Lipinski definition) is 1. The smallest absolute Gasteiger partial charge is 0.136 e. The van der Waals surface area contributed by atoms with Crippen molar-refractivity contribution >= 4 is 21.9 Å². The van der Waals surface area contributed by atoms with Gasteiger partial charge in [0.25, 0.3) is 0 Å². The topological polar surface area (TPSA) is 13.1 Å². The summed E-state index contributed by atoms with van der Waals surface area (Å²) >= 11 is 0. The quantitative estimate of drug-likeness (QED) is 0.422. The van der Waals surface area contributed by atoms with Crippen molar-refractivity contribution in [3.05, 3.63) is 71.8 Å². The fourth-order valence-corrected chi connectivity index (χ4v) is 3.05. The van der Waals surface area contributed by atoms with Crippen LogP contribution in [0.5, 0.6) is 0 Å². The summed E-state index contributed by atoms with van der Waals surface area (Å²) in [4.78, 5) is 0. The van der Waals surface area contributed by atoms with Crippen LogP contribution in [0.3, 0.4) is 0 Å². The first-order valence-electron chi connectivity index (χ1n) is 7.21. The highest BCUT2D eigenvalue weighted by atomic mass is 16.3. The first-order chi connectivity index (χ1) is 10.2. The van der Waals surface area contributed by atoms with Crippen molar-refractivity contribution in [2.45, 2.75) is 13.8 Å². The summed E-state index contributed by atoms with van der Waals surface area (Å²) in [6, 6.07) is 21.3. The molecule has 0 fully saturated rings. The standard InChI is InChI=1S/C20H16O/c1-13-9-14(2)11-16(10-13)15-7-8-18-17-5-3-4-6-19(17)21-20(18)12-15/h3-12H,1-2H3. The third-order valence-electron chi connectivity index (χ3n) is 3.93. The van der Waals surface area contributed by atoms with Crippen LogP contribution in [0.2, 0.25) is 0 Å². The number of aryl methyl sites for hydroxylation is 2. The molecular weight excluding hydrogens is 256 g/mol. The van der Waals surface area contributed by atoms with E-state index in [9.17, 15) is 0 Å². The minimum absolute atomic E-state index is 0.949. The number of rotatable bonds is 1. The molecule has 0 aliphatic heterocycles. The lowest BCUT2D eigenvalue weighted by atomic mass is 10.00. The van der Waals surface area contributed by atoms with E-state index in [1.165, 1.54) is 33.0 Å². The summed E-state index contributed by atoms with van der Waals surface area (Å²) in [6.45, 7) is 4.27. The van der Waals surface area contributed by atoms with Crippen LogP contribution in [-0.2, 0) is 0 Å². The molecular formula is C20H16O. The number of para-hydroxylation sites is 1. The second kappa shape index (κ2) is 4.49. The minimum atomic E-state index is 0.949. The molecule has 4 aromatic rings. The third-order valence-corrected chi connectivity index (χ3v) is 3.93. The van der Waals surface area contributed by atoms with Crippen molar-refractivity contribution < 1.29 is 4.42 Å². The Morgan fingerprint density at radius 3 is 2.14 bits per heavy atom. The molecule has 0 spiro atoms. The number of benzene rings is 3. The highest BCUT2D eigenvalue weighted by Gasteiger charge is 2.08. The van der Waals surface area contributed by atoms with E-state index >= 15 is 0 Å². The van der Waals surface area contributed by atoms with Crippen LogP contribution in [0.25, 0.3) is 33.1 Å². The van der Waals surface area contributed by atoms with Gasteiger partial charge in [-0.15, -0.1) is 0 Å². The fourth-order valence-electron chi connectivity index (χ4n) is 3.05. The predicted octanol–water partition coefficient (Wildman–Crippen LogP) is 5.87. The van der Waals surface area contributed by atoms with E-state index in [0.717, 1.165) is 11.2 Å². The first-order valence-corrected chi connectivity index (χ1v) is 7.21. The van der Waals surface area contributed by atoms with Crippen molar-refractivity contribution in [2.24, 2.45) is 0 Å². The monoisotopic (exact) mass is 272 g/mol. The molecule has 0 N–H and O–H groups in total. The summed E-state index contributed by atoms with van der Waals surface area (Å²) < 4.78 is 5.98. The Hall–Kier alpha value is -2.54. The molecule has 0 atom stereocenters. The Morgan fingerprint density at radius 1 is 0.619 bits per heavy atom. The summed E-state index contributed by atoms with van der Waals surface area (Å²) in [5.74, 6) is 0. The molecule has 0 radical (unpaired) electrons. The maximum absolute atomic E-state index is 5.98. The van der Waals surface area contributed by atoms with Gasteiger partial charge in [-0.05, 0) is 43.2 Å². The predicted molar refractivity (Wildman–Crippen MR) is 88.6 cm³/mol. The van der Waals surface area contributed by atoms with Gasteiger partial charge >= 0.3 is 0 Å². The zero-order valence-electron chi connectivity index (χ0n) is 12.2. The molecule has 4 rings (SSSR count). The van der Waals surface area contributed by atoms with Gasteiger partial charge in [0.1, 0.15) is 11.2 Å². The Balaban J connectivity index is 1.96. The largest absolute Gasteiger partial charge is 0.456 e. The molecule has 0 amide bonds. The molecule has 1 nitrogen and oxygen atoms in total. The van der Waals surface area contributed by atoms with Gasteiger partial charge in [-0.1, -0.05) is 53.6 Å². The van der Waals surface area contributed by atoms with Crippen LogP contribution in [0.4, 0.5) is 0 Å². The van der Waals surface area contributed by atoms with Gasteiger partial charge in [-0.3, -0.25) is 0 Å². The van der Waals surface area contributed by atoms with E-state index in [1.807, 2.05) is 12.1 Å². The SMILES string of the molecule is Cc1cc(C)cc(-c2ccc3c(c2)oc2ccccc23)c1. The molecule has 0 bridgehead atoms. The van der Waals surface area contributed by atoms with Crippen LogP contribution in [0, 0.1) is 13.8 Å². The van der Waals surface area contributed by atoms with Gasteiger partial charge in [-0.2, -0.15) is 0 Å². The molecule has 0 saturated heterocycles. The number of furan rings is 1. The van der Waals surface area contributed by atoms with E-state index in [4.69, 9.17) is 4.42 Å². The lowest BCUT2D eigenvalue weighted by molar-refractivity contribution is 0.669. The lowest BCUT2D eigenvalue weighted by Gasteiger charge is -2.05. The fraction of sp³-hybridized carbons (Fsp3) is 0.100. The van der Waals surface area contributed by atoms with Crippen molar-refractivity contribution in [1.29, 1.82) is 0 Å². The Labute approximate surface area is 123 Å². The highest BCUT2D eigenvalue weighted by molar-refractivity contribution is 6.05. The average molecular weight is 272 g/mol. The van der Waals surface area contributed by atoms with Gasteiger partial charge in [0.2, 0.25) is 0 Å². The lowest BCUT2D eigenvalue weighted by Crippen LogP contribution is -1.82. The van der Waals surface area contributed by atoms with Crippen molar-refractivity contribution in [1.82, 2.24) is 0 Å². The van der Waals surface area contributed by atoms with Crippen molar-refractivity contribution in [3.63, 3.8) is 0 Å². The summed E-state index contributed by atoms with van der Waals surface area (Å²) in [7, 11) is 0. The second-order valence-corrected chi connectivity index (χ2v) is 5.69. The molecule has 0 aliphatic rings. The van der Waals surface area contributed by atoms with Crippen molar-refractivity contribution in [3.8, 4) is 11.1 Å². The van der Waals surface area contributed by atoms with Crippen LogP contribution in [0.15, 0.2) is 65.1 Å². The highest BCUT2D eigenvalue weighted by Crippen LogP contribution is 2.32. The number of hydrogen-bond donors (Lipinski definition) is 0. The maximum atomic E-state index is 5.98. The Bertz CT molecular complexity index is 940. The van der Waals surface area contributed by atoms with Crippen molar-refractivity contribution in [2.75, 3.05) is 0 Å². The molecule has 0 unspecified atom stereocenters. The van der Waals surface area contributed by atoms with E-state index in [2.05, 4.69) is 62.4 Å². The summed E-state index contributed by atoms with van der Waals surface area (Å²) in [6.07, 6.45) is 0. The molecule has 1 heterocycles. The van der Waals surface area contributed by atoms with Crippen LogP contribution < -0.4 is 0 Å². The van der Waals surface area contributed by atoms with Gasteiger partial charge in [0.05, 0.1) is 0 Å². The minimum Gasteiger partial charge on any atom is -0.456 e. The zero-order chi connectivity index (χ0) is 14.4. The van der Waals surface area contributed by atoms with E-state index < -0.39 is 0 Å². The molecule has 21 heavy (non-hydrogen) atoms. The Kier molecular flexibility index (Phi) is 2.61. The normalized spacial score (nSPS) is 11.3. The summed E-state index contributed by atoms with van der Waals surface area (Å²) in [5.41, 5.74) is 6.92. The first kappa shape index (κ1) is 12.2. The second-order valence-electron chi connectivity index (χ2n) is 5.69. The van der Waals surface area contributed by atoms with E-state index in [-0.39, 0.29) is 0 Å². The zero-order valence-corrected chi connectivity index (χ0v) is 12.2. The van der Waals surface area contributed by atoms with Gasteiger partial charge in [0.15, 0.2) is 0 Å². The maximum Gasteiger partial charge on any atom is 0.136 e. The third kappa shape index (κ3) is 2.02. The average Bonchev–Trinajstić information content (AvgIpc) is 2.83. The molecule has 102 valence electrons.